The highest BCUT2D eigenvalue weighted by atomic mass is 16.5. The molecule has 0 aromatic heterocycles. The Morgan fingerprint density at radius 3 is 2.92 bits per heavy atom. The van der Waals surface area contributed by atoms with Gasteiger partial charge in [-0.1, -0.05) is 0 Å². The monoisotopic (exact) mass is 172 g/mol. The van der Waals surface area contributed by atoms with E-state index in [9.17, 15) is 4.79 Å². The Balaban J connectivity index is 2.33. The van der Waals surface area contributed by atoms with Crippen LogP contribution in [-0.4, -0.2) is 24.8 Å². The molecule has 0 radical (unpaired) electrons. The summed E-state index contributed by atoms with van der Waals surface area (Å²) in [6.07, 6.45) is 2.41. The third-order valence-electron chi connectivity index (χ3n) is 2.12. The fourth-order valence-corrected chi connectivity index (χ4v) is 1.49. The van der Waals surface area contributed by atoms with E-state index in [-0.39, 0.29) is 11.6 Å². The van der Waals surface area contributed by atoms with E-state index in [0.29, 0.717) is 13.0 Å². The van der Waals surface area contributed by atoms with Crippen molar-refractivity contribution in [3.05, 3.63) is 0 Å². The minimum Gasteiger partial charge on any atom is -0.466 e. The lowest BCUT2D eigenvalue weighted by Crippen LogP contribution is -2.27. The van der Waals surface area contributed by atoms with Gasteiger partial charge in [0.05, 0.1) is 18.6 Å². The Kier molecular flexibility index (Phi) is 3.09. The highest BCUT2D eigenvalue weighted by Gasteiger charge is 2.32. The lowest BCUT2D eigenvalue weighted by Gasteiger charge is -2.21. The van der Waals surface area contributed by atoms with Crippen molar-refractivity contribution in [1.29, 1.82) is 0 Å². The molecular weight excluding hydrogens is 156 g/mol. The predicted octanol–water partition coefficient (Wildman–Crippen LogP) is 1.51. The van der Waals surface area contributed by atoms with E-state index in [2.05, 4.69) is 0 Å². The van der Waals surface area contributed by atoms with Gasteiger partial charge >= 0.3 is 5.97 Å². The molecule has 12 heavy (non-hydrogen) atoms. The summed E-state index contributed by atoms with van der Waals surface area (Å²) in [5.74, 6) is -0.151. The van der Waals surface area contributed by atoms with Gasteiger partial charge in [-0.05, 0) is 26.7 Å². The van der Waals surface area contributed by atoms with Crippen molar-refractivity contribution in [2.75, 3.05) is 13.2 Å². The molecule has 0 amide bonds. The smallest absolute Gasteiger partial charge is 0.308 e. The maximum atomic E-state index is 11.1. The number of hydrogen-bond acceptors (Lipinski definition) is 3. The largest absolute Gasteiger partial charge is 0.466 e. The van der Waals surface area contributed by atoms with E-state index in [4.69, 9.17) is 9.47 Å². The molecule has 1 rings (SSSR count). The Hall–Kier alpha value is -0.570. The lowest BCUT2D eigenvalue weighted by atomic mass is 9.99. The van der Waals surface area contributed by atoms with E-state index in [1.807, 2.05) is 13.8 Å². The molecule has 1 aliphatic heterocycles. The van der Waals surface area contributed by atoms with Crippen molar-refractivity contribution in [2.45, 2.75) is 38.7 Å². The van der Waals surface area contributed by atoms with Crippen LogP contribution in [0.15, 0.2) is 0 Å². The molecule has 0 aliphatic carbocycles. The van der Waals surface area contributed by atoms with Crippen molar-refractivity contribution >= 4 is 5.97 Å². The number of ether oxygens (including phenoxy) is 2. The Morgan fingerprint density at radius 1 is 1.67 bits per heavy atom. The molecule has 1 saturated heterocycles. The van der Waals surface area contributed by atoms with Crippen LogP contribution in [0.5, 0.6) is 0 Å². The minimum atomic E-state index is -0.258. The van der Waals surface area contributed by atoms with Gasteiger partial charge in [-0.3, -0.25) is 4.79 Å². The number of esters is 1. The summed E-state index contributed by atoms with van der Waals surface area (Å²) in [6, 6.07) is 0. The first-order valence-electron chi connectivity index (χ1n) is 4.46. The first-order valence-corrected chi connectivity index (χ1v) is 4.46. The van der Waals surface area contributed by atoms with E-state index in [0.717, 1.165) is 19.4 Å². The van der Waals surface area contributed by atoms with Gasteiger partial charge in [0.15, 0.2) is 0 Å². The van der Waals surface area contributed by atoms with Crippen LogP contribution in [0, 0.1) is 0 Å². The van der Waals surface area contributed by atoms with Gasteiger partial charge in [-0.25, -0.2) is 0 Å². The third kappa shape index (κ3) is 2.48. The molecule has 0 aromatic rings. The average Bonchev–Trinajstić information content (AvgIpc) is 2.36. The standard InChI is InChI=1S/C9H16O3/c1-3-11-8(10)7-9(2)5-4-6-12-9/h3-7H2,1-2H3. The summed E-state index contributed by atoms with van der Waals surface area (Å²) in [5.41, 5.74) is -0.258. The molecule has 3 nitrogen and oxygen atoms in total. The molecular formula is C9H16O3. The fourth-order valence-electron chi connectivity index (χ4n) is 1.49. The zero-order valence-corrected chi connectivity index (χ0v) is 7.76. The van der Waals surface area contributed by atoms with Crippen molar-refractivity contribution in [1.82, 2.24) is 0 Å². The Morgan fingerprint density at radius 2 is 2.42 bits per heavy atom. The second-order valence-electron chi connectivity index (χ2n) is 3.38. The summed E-state index contributed by atoms with van der Waals surface area (Å²) in [5, 5.41) is 0. The second-order valence-corrected chi connectivity index (χ2v) is 3.38. The van der Waals surface area contributed by atoms with Crippen LogP contribution in [0.4, 0.5) is 0 Å². The second kappa shape index (κ2) is 3.90. The van der Waals surface area contributed by atoms with Gasteiger partial charge in [0, 0.05) is 6.61 Å². The van der Waals surface area contributed by atoms with Crippen molar-refractivity contribution in [3.63, 3.8) is 0 Å². The highest BCUT2D eigenvalue weighted by Crippen LogP contribution is 2.28. The summed E-state index contributed by atoms with van der Waals surface area (Å²) in [6.45, 7) is 5.01. The topological polar surface area (TPSA) is 35.5 Å². The van der Waals surface area contributed by atoms with Gasteiger partial charge in [-0.2, -0.15) is 0 Å². The third-order valence-corrected chi connectivity index (χ3v) is 2.12. The van der Waals surface area contributed by atoms with Crippen LogP contribution in [0.3, 0.4) is 0 Å². The summed E-state index contributed by atoms with van der Waals surface area (Å²) in [7, 11) is 0. The molecule has 0 saturated carbocycles. The maximum absolute atomic E-state index is 11.1. The molecule has 1 unspecified atom stereocenters. The fraction of sp³-hybridized carbons (Fsp3) is 0.889. The summed E-state index contributed by atoms with van der Waals surface area (Å²) < 4.78 is 10.3. The first-order chi connectivity index (χ1) is 5.66. The minimum absolute atomic E-state index is 0.151. The molecule has 0 bridgehead atoms. The van der Waals surface area contributed by atoms with Gasteiger partial charge in [-0.15, -0.1) is 0 Å². The normalized spacial score (nSPS) is 28.8. The molecule has 0 N–H and O–H groups in total. The quantitative estimate of drug-likeness (QED) is 0.605. The molecule has 1 fully saturated rings. The molecule has 0 spiro atoms. The molecule has 70 valence electrons. The zero-order valence-electron chi connectivity index (χ0n) is 7.76. The Bertz CT molecular complexity index is 159. The number of carbonyl (C=O) groups excluding carboxylic acids is 1. The number of rotatable bonds is 3. The molecule has 3 heteroatoms. The molecule has 1 aliphatic rings. The average molecular weight is 172 g/mol. The van der Waals surface area contributed by atoms with E-state index < -0.39 is 0 Å². The highest BCUT2D eigenvalue weighted by molar-refractivity contribution is 5.70. The van der Waals surface area contributed by atoms with Gasteiger partial charge in [0.2, 0.25) is 0 Å². The Labute approximate surface area is 73.0 Å². The summed E-state index contributed by atoms with van der Waals surface area (Å²) >= 11 is 0. The van der Waals surface area contributed by atoms with Crippen LogP contribution in [-0.2, 0) is 14.3 Å². The van der Waals surface area contributed by atoms with Gasteiger partial charge in [0.25, 0.3) is 0 Å². The van der Waals surface area contributed by atoms with Crippen LogP contribution >= 0.6 is 0 Å². The van der Waals surface area contributed by atoms with E-state index in [1.54, 1.807) is 0 Å². The summed E-state index contributed by atoms with van der Waals surface area (Å²) in [4.78, 5) is 11.1. The van der Waals surface area contributed by atoms with Crippen molar-refractivity contribution < 1.29 is 14.3 Å². The van der Waals surface area contributed by atoms with Crippen molar-refractivity contribution in [3.8, 4) is 0 Å². The van der Waals surface area contributed by atoms with Crippen LogP contribution in [0.25, 0.3) is 0 Å². The number of hydrogen-bond donors (Lipinski definition) is 0. The first kappa shape index (κ1) is 9.52. The molecule has 1 atom stereocenters. The zero-order chi connectivity index (χ0) is 9.03. The van der Waals surface area contributed by atoms with E-state index in [1.165, 1.54) is 0 Å². The molecule has 0 aromatic carbocycles. The van der Waals surface area contributed by atoms with E-state index >= 15 is 0 Å². The predicted molar refractivity (Wildman–Crippen MR) is 44.8 cm³/mol. The van der Waals surface area contributed by atoms with Gasteiger partial charge in [0.1, 0.15) is 0 Å². The van der Waals surface area contributed by atoms with Crippen LogP contribution < -0.4 is 0 Å². The lowest BCUT2D eigenvalue weighted by molar-refractivity contribution is -0.148. The molecule has 1 heterocycles. The SMILES string of the molecule is CCOC(=O)CC1(C)CCCO1. The van der Waals surface area contributed by atoms with Gasteiger partial charge < -0.3 is 9.47 Å². The van der Waals surface area contributed by atoms with Crippen LogP contribution in [0.1, 0.15) is 33.1 Å². The van der Waals surface area contributed by atoms with Crippen molar-refractivity contribution in [2.24, 2.45) is 0 Å². The maximum Gasteiger partial charge on any atom is 0.308 e. The number of carbonyl (C=O) groups is 1. The van der Waals surface area contributed by atoms with Crippen LogP contribution in [0.2, 0.25) is 0 Å².